The molecule has 6 heteroatoms. The Balaban J connectivity index is 1.42. The van der Waals surface area contributed by atoms with Gasteiger partial charge in [0.05, 0.1) is 12.6 Å². The van der Waals surface area contributed by atoms with Gasteiger partial charge in [0, 0.05) is 31.9 Å². The predicted octanol–water partition coefficient (Wildman–Crippen LogP) is 2.71. The molecule has 1 aliphatic heterocycles. The Morgan fingerprint density at radius 3 is 2.92 bits per heavy atom. The monoisotopic (exact) mass is 336 g/mol. The zero-order valence-electron chi connectivity index (χ0n) is 14.6. The summed E-state index contributed by atoms with van der Waals surface area (Å²) in [4.78, 5) is 4.51. The van der Waals surface area contributed by atoms with Crippen LogP contribution in [0.2, 0.25) is 0 Å². The molecule has 2 aromatic heterocycles. The first-order chi connectivity index (χ1) is 12.3. The highest BCUT2D eigenvalue weighted by Crippen LogP contribution is 2.19. The van der Waals surface area contributed by atoms with E-state index in [1.165, 1.54) is 18.4 Å². The van der Waals surface area contributed by atoms with Gasteiger partial charge in [-0.3, -0.25) is 0 Å². The van der Waals surface area contributed by atoms with E-state index in [1.807, 2.05) is 18.5 Å². The SMILES string of the molecule is C[C@@H](NCc1nccn1Cc1ccccc1)c1nnc2n1CCCC2. The maximum Gasteiger partial charge on any atom is 0.149 e. The molecule has 0 bridgehead atoms. The normalized spacial score (nSPS) is 15.1. The minimum atomic E-state index is 0.154. The molecule has 0 saturated heterocycles. The Morgan fingerprint density at radius 1 is 1.16 bits per heavy atom. The van der Waals surface area contributed by atoms with Gasteiger partial charge in [0.25, 0.3) is 0 Å². The summed E-state index contributed by atoms with van der Waals surface area (Å²) in [5.74, 6) is 3.20. The molecule has 1 N–H and O–H groups in total. The maximum atomic E-state index is 4.51. The zero-order valence-corrected chi connectivity index (χ0v) is 14.6. The Labute approximate surface area is 147 Å². The molecule has 130 valence electrons. The van der Waals surface area contributed by atoms with Crippen molar-refractivity contribution in [3.8, 4) is 0 Å². The van der Waals surface area contributed by atoms with Gasteiger partial charge in [0.1, 0.15) is 17.5 Å². The van der Waals surface area contributed by atoms with Gasteiger partial charge < -0.3 is 14.5 Å². The average molecular weight is 336 g/mol. The summed E-state index contributed by atoms with van der Waals surface area (Å²) in [5.41, 5.74) is 1.28. The molecule has 0 spiro atoms. The van der Waals surface area contributed by atoms with Gasteiger partial charge in [-0.05, 0) is 25.3 Å². The second-order valence-electron chi connectivity index (χ2n) is 6.64. The fourth-order valence-electron chi connectivity index (χ4n) is 3.42. The van der Waals surface area contributed by atoms with E-state index in [4.69, 9.17) is 0 Å². The Bertz CT molecular complexity index is 820. The molecule has 6 nitrogen and oxygen atoms in total. The molecule has 0 amide bonds. The summed E-state index contributed by atoms with van der Waals surface area (Å²) < 4.78 is 4.46. The van der Waals surface area contributed by atoms with Crippen molar-refractivity contribution >= 4 is 0 Å². The summed E-state index contributed by atoms with van der Waals surface area (Å²) >= 11 is 0. The first kappa shape index (κ1) is 16.0. The standard InChI is InChI=1S/C19H24N6/c1-15(19-23-22-17-9-5-6-11-25(17)19)21-13-18-20-10-12-24(18)14-16-7-3-2-4-8-16/h2-4,7-8,10,12,15,21H,5-6,9,11,13-14H2,1H3/t15-/m1/s1. The van der Waals surface area contributed by atoms with Crippen LogP contribution in [0, 0.1) is 0 Å². The number of aryl methyl sites for hydroxylation is 1. The first-order valence-corrected chi connectivity index (χ1v) is 9.00. The molecule has 1 aliphatic rings. The summed E-state index contributed by atoms with van der Waals surface area (Å²) in [6.07, 6.45) is 7.38. The van der Waals surface area contributed by atoms with Crippen molar-refractivity contribution in [2.24, 2.45) is 0 Å². The van der Waals surface area contributed by atoms with Gasteiger partial charge in [0.2, 0.25) is 0 Å². The molecular formula is C19H24N6. The van der Waals surface area contributed by atoms with Crippen LogP contribution in [0.15, 0.2) is 42.7 Å². The summed E-state index contributed by atoms with van der Waals surface area (Å²) in [7, 11) is 0. The van der Waals surface area contributed by atoms with Gasteiger partial charge in [-0.2, -0.15) is 0 Å². The van der Waals surface area contributed by atoms with E-state index in [0.29, 0.717) is 6.54 Å². The van der Waals surface area contributed by atoms with Gasteiger partial charge in [0.15, 0.2) is 0 Å². The van der Waals surface area contributed by atoms with Crippen LogP contribution in [-0.2, 0) is 26.1 Å². The Morgan fingerprint density at radius 2 is 2.04 bits per heavy atom. The molecule has 0 fully saturated rings. The molecule has 0 aliphatic carbocycles. The number of nitrogens with one attached hydrogen (secondary N) is 1. The third kappa shape index (κ3) is 3.49. The van der Waals surface area contributed by atoms with Crippen molar-refractivity contribution in [1.29, 1.82) is 0 Å². The Kier molecular flexibility index (Phi) is 4.61. The maximum absolute atomic E-state index is 4.51. The minimum absolute atomic E-state index is 0.154. The highest BCUT2D eigenvalue weighted by molar-refractivity contribution is 5.16. The van der Waals surface area contributed by atoms with Gasteiger partial charge >= 0.3 is 0 Å². The quantitative estimate of drug-likeness (QED) is 0.752. The highest BCUT2D eigenvalue weighted by atomic mass is 15.3. The molecule has 3 heterocycles. The number of fused-ring (bicyclic) bond motifs is 1. The fourth-order valence-corrected chi connectivity index (χ4v) is 3.42. The van der Waals surface area contributed by atoms with E-state index in [0.717, 1.165) is 37.0 Å². The van der Waals surface area contributed by atoms with Crippen LogP contribution in [0.5, 0.6) is 0 Å². The van der Waals surface area contributed by atoms with Crippen LogP contribution in [0.4, 0.5) is 0 Å². The van der Waals surface area contributed by atoms with Crippen molar-refractivity contribution in [1.82, 2.24) is 29.6 Å². The lowest BCUT2D eigenvalue weighted by atomic mass is 10.1. The smallest absolute Gasteiger partial charge is 0.149 e. The van der Waals surface area contributed by atoms with E-state index in [9.17, 15) is 0 Å². The number of nitrogens with zero attached hydrogens (tertiary/aromatic N) is 5. The van der Waals surface area contributed by atoms with E-state index in [1.54, 1.807) is 0 Å². The van der Waals surface area contributed by atoms with Crippen molar-refractivity contribution in [3.05, 3.63) is 65.8 Å². The minimum Gasteiger partial charge on any atom is -0.329 e. The number of imidazole rings is 1. The third-order valence-electron chi connectivity index (χ3n) is 4.84. The van der Waals surface area contributed by atoms with Crippen LogP contribution in [0.1, 0.15) is 48.8 Å². The zero-order chi connectivity index (χ0) is 17.1. The number of hydrogen-bond donors (Lipinski definition) is 1. The van der Waals surface area contributed by atoms with Gasteiger partial charge in [-0.1, -0.05) is 30.3 Å². The van der Waals surface area contributed by atoms with Crippen molar-refractivity contribution < 1.29 is 0 Å². The largest absolute Gasteiger partial charge is 0.329 e. The Hall–Kier alpha value is -2.47. The predicted molar refractivity (Wildman–Crippen MR) is 96.0 cm³/mol. The van der Waals surface area contributed by atoms with Crippen LogP contribution >= 0.6 is 0 Å². The van der Waals surface area contributed by atoms with E-state index in [-0.39, 0.29) is 6.04 Å². The van der Waals surface area contributed by atoms with Gasteiger partial charge in [-0.15, -0.1) is 10.2 Å². The second kappa shape index (κ2) is 7.19. The molecule has 25 heavy (non-hydrogen) atoms. The lowest BCUT2D eigenvalue weighted by molar-refractivity contribution is 0.459. The summed E-state index contributed by atoms with van der Waals surface area (Å²) in [5, 5.41) is 12.3. The summed E-state index contributed by atoms with van der Waals surface area (Å²) in [6, 6.07) is 10.6. The lowest BCUT2D eigenvalue weighted by Crippen LogP contribution is -2.25. The van der Waals surface area contributed by atoms with Crippen LogP contribution in [0.25, 0.3) is 0 Å². The van der Waals surface area contributed by atoms with E-state index in [2.05, 4.69) is 60.8 Å². The number of aromatic nitrogens is 5. The topological polar surface area (TPSA) is 60.6 Å². The van der Waals surface area contributed by atoms with E-state index < -0.39 is 0 Å². The number of benzene rings is 1. The highest BCUT2D eigenvalue weighted by Gasteiger charge is 2.20. The molecular weight excluding hydrogens is 312 g/mol. The number of rotatable bonds is 6. The van der Waals surface area contributed by atoms with Gasteiger partial charge in [-0.25, -0.2) is 4.98 Å². The third-order valence-corrected chi connectivity index (χ3v) is 4.84. The molecule has 0 radical (unpaired) electrons. The van der Waals surface area contributed by atoms with Crippen LogP contribution in [0.3, 0.4) is 0 Å². The van der Waals surface area contributed by atoms with E-state index >= 15 is 0 Å². The molecule has 0 unspecified atom stereocenters. The van der Waals surface area contributed by atoms with Crippen molar-refractivity contribution in [2.75, 3.05) is 0 Å². The molecule has 3 aromatic rings. The second-order valence-corrected chi connectivity index (χ2v) is 6.64. The first-order valence-electron chi connectivity index (χ1n) is 9.00. The molecule has 1 aromatic carbocycles. The van der Waals surface area contributed by atoms with Crippen LogP contribution < -0.4 is 5.32 Å². The van der Waals surface area contributed by atoms with Crippen molar-refractivity contribution in [3.63, 3.8) is 0 Å². The summed E-state index contributed by atoms with van der Waals surface area (Å²) in [6.45, 7) is 4.73. The number of hydrogen-bond acceptors (Lipinski definition) is 4. The molecule has 4 rings (SSSR count). The average Bonchev–Trinajstić information content (AvgIpc) is 3.27. The fraction of sp³-hybridized carbons (Fsp3) is 0.421. The molecule has 0 saturated carbocycles. The van der Waals surface area contributed by atoms with Crippen molar-refractivity contribution in [2.45, 2.75) is 51.9 Å². The lowest BCUT2D eigenvalue weighted by Gasteiger charge is -2.19. The molecule has 1 atom stereocenters. The van der Waals surface area contributed by atoms with Crippen LogP contribution in [-0.4, -0.2) is 24.3 Å².